The number of pyridine rings is 1. The number of piperazine rings is 1. The van der Waals surface area contributed by atoms with Gasteiger partial charge in [-0.15, -0.1) is 0 Å². The molecular formula is C26H33N5O2. The maximum atomic E-state index is 12.6. The first kappa shape index (κ1) is 22.8. The van der Waals surface area contributed by atoms with E-state index >= 15 is 0 Å². The summed E-state index contributed by atoms with van der Waals surface area (Å²) < 4.78 is 1.82. The molecule has 2 amide bonds. The third kappa shape index (κ3) is 5.53. The fourth-order valence-electron chi connectivity index (χ4n) is 4.45. The Bertz CT molecular complexity index is 1110. The molecule has 0 atom stereocenters. The van der Waals surface area contributed by atoms with Gasteiger partial charge in [0.15, 0.2) is 0 Å². The van der Waals surface area contributed by atoms with Gasteiger partial charge in [0.2, 0.25) is 5.91 Å². The second kappa shape index (κ2) is 10.5. The van der Waals surface area contributed by atoms with Crippen molar-refractivity contribution >= 4 is 23.1 Å². The number of nitrogens with one attached hydrogen (secondary N) is 1. The maximum absolute atomic E-state index is 12.6. The Kier molecular flexibility index (Phi) is 7.27. The van der Waals surface area contributed by atoms with Crippen molar-refractivity contribution in [1.82, 2.24) is 19.6 Å². The van der Waals surface area contributed by atoms with E-state index in [1.54, 1.807) is 0 Å². The normalized spacial score (nSPS) is 14.0. The lowest BCUT2D eigenvalue weighted by Crippen LogP contribution is -2.48. The second-order valence-corrected chi connectivity index (χ2v) is 8.75. The van der Waals surface area contributed by atoms with E-state index in [4.69, 9.17) is 0 Å². The van der Waals surface area contributed by atoms with E-state index in [-0.39, 0.29) is 11.8 Å². The monoisotopic (exact) mass is 447 g/mol. The van der Waals surface area contributed by atoms with E-state index in [9.17, 15) is 9.59 Å². The molecular weight excluding hydrogens is 414 g/mol. The van der Waals surface area contributed by atoms with Crippen LogP contribution in [0.15, 0.2) is 48.7 Å². The number of nitrogens with zero attached hydrogens (tertiary/aromatic N) is 4. The van der Waals surface area contributed by atoms with Crippen molar-refractivity contribution < 1.29 is 9.59 Å². The first-order chi connectivity index (χ1) is 16.0. The molecule has 0 saturated carbocycles. The predicted molar refractivity (Wildman–Crippen MR) is 131 cm³/mol. The number of anilines is 1. The minimum Gasteiger partial charge on any atom is -0.368 e. The Balaban J connectivity index is 1.13. The van der Waals surface area contributed by atoms with Crippen LogP contribution in [0.3, 0.4) is 0 Å². The van der Waals surface area contributed by atoms with Gasteiger partial charge in [-0.1, -0.05) is 24.6 Å². The minimum absolute atomic E-state index is 0.103. The zero-order valence-electron chi connectivity index (χ0n) is 19.6. The van der Waals surface area contributed by atoms with E-state index in [0.717, 1.165) is 56.8 Å². The number of imidazole rings is 1. The van der Waals surface area contributed by atoms with Crippen molar-refractivity contribution in [3.05, 3.63) is 65.6 Å². The molecule has 1 aliphatic rings. The minimum atomic E-state index is -0.103. The third-order valence-electron chi connectivity index (χ3n) is 6.27. The van der Waals surface area contributed by atoms with Crippen molar-refractivity contribution in [3.63, 3.8) is 0 Å². The third-order valence-corrected chi connectivity index (χ3v) is 6.27. The summed E-state index contributed by atoms with van der Waals surface area (Å²) in [5.41, 5.74) is 4.59. The van der Waals surface area contributed by atoms with E-state index in [0.29, 0.717) is 18.7 Å². The second-order valence-electron chi connectivity index (χ2n) is 8.75. The van der Waals surface area contributed by atoms with Crippen molar-refractivity contribution in [1.29, 1.82) is 0 Å². The van der Waals surface area contributed by atoms with Gasteiger partial charge in [-0.05, 0) is 56.5 Å². The zero-order valence-corrected chi connectivity index (χ0v) is 19.6. The number of benzene rings is 1. The van der Waals surface area contributed by atoms with E-state index in [1.807, 2.05) is 40.6 Å². The smallest absolute Gasteiger partial charge is 0.270 e. The van der Waals surface area contributed by atoms with Crippen molar-refractivity contribution in [3.8, 4) is 0 Å². The molecule has 7 nitrogen and oxygen atoms in total. The SMILES string of the molecule is Cc1cccc(N2CCN(C(=O)CCCCCNC(=O)c3c(C)nc4ccccn34)CC2)c1. The summed E-state index contributed by atoms with van der Waals surface area (Å²) in [6, 6.07) is 14.2. The van der Waals surface area contributed by atoms with Crippen LogP contribution in [-0.4, -0.2) is 58.8 Å². The molecule has 1 saturated heterocycles. The predicted octanol–water partition coefficient (Wildman–Crippen LogP) is 3.59. The fraction of sp³-hybridized carbons (Fsp3) is 0.423. The molecule has 0 unspecified atom stereocenters. The highest BCUT2D eigenvalue weighted by Gasteiger charge is 2.21. The van der Waals surface area contributed by atoms with Crippen LogP contribution in [-0.2, 0) is 4.79 Å². The van der Waals surface area contributed by atoms with Crippen LogP contribution < -0.4 is 10.2 Å². The number of rotatable bonds is 8. The highest BCUT2D eigenvalue weighted by Crippen LogP contribution is 2.18. The molecule has 0 aliphatic carbocycles. The fourth-order valence-corrected chi connectivity index (χ4v) is 4.45. The van der Waals surface area contributed by atoms with Gasteiger partial charge in [0.25, 0.3) is 5.91 Å². The molecule has 33 heavy (non-hydrogen) atoms. The Morgan fingerprint density at radius 2 is 1.79 bits per heavy atom. The Labute approximate surface area is 195 Å². The molecule has 1 N–H and O–H groups in total. The number of carbonyl (C=O) groups excluding carboxylic acids is 2. The standard InChI is InChI=1S/C26H33N5O2/c1-20-9-8-10-22(19-20)29-15-17-30(18-16-29)24(32)12-4-3-6-13-27-26(33)25-21(2)28-23-11-5-7-14-31(23)25/h5,7-11,14,19H,3-4,6,12-13,15-18H2,1-2H3,(H,27,33). The number of amides is 2. The number of aryl methyl sites for hydroxylation is 2. The molecule has 1 fully saturated rings. The molecule has 7 heteroatoms. The molecule has 0 radical (unpaired) electrons. The van der Waals surface area contributed by atoms with Gasteiger partial charge >= 0.3 is 0 Å². The molecule has 174 valence electrons. The number of hydrogen-bond acceptors (Lipinski definition) is 4. The van der Waals surface area contributed by atoms with Gasteiger partial charge in [0.05, 0.1) is 5.69 Å². The van der Waals surface area contributed by atoms with Gasteiger partial charge in [-0.2, -0.15) is 0 Å². The molecule has 0 bridgehead atoms. The van der Waals surface area contributed by atoms with Crippen LogP contribution in [0.4, 0.5) is 5.69 Å². The molecule has 1 aliphatic heterocycles. The maximum Gasteiger partial charge on any atom is 0.270 e. The lowest BCUT2D eigenvalue weighted by atomic mass is 10.1. The number of unbranched alkanes of at least 4 members (excludes halogenated alkanes) is 2. The number of carbonyl (C=O) groups is 2. The van der Waals surface area contributed by atoms with Crippen LogP contribution in [0.5, 0.6) is 0 Å². The topological polar surface area (TPSA) is 69.9 Å². The van der Waals surface area contributed by atoms with Gasteiger partial charge in [0, 0.05) is 51.0 Å². The van der Waals surface area contributed by atoms with Gasteiger partial charge in [-0.25, -0.2) is 4.98 Å². The summed E-state index contributed by atoms with van der Waals surface area (Å²) in [5, 5.41) is 2.99. The summed E-state index contributed by atoms with van der Waals surface area (Å²) in [4.78, 5) is 34.0. The van der Waals surface area contributed by atoms with E-state index < -0.39 is 0 Å². The quantitative estimate of drug-likeness (QED) is 0.536. The van der Waals surface area contributed by atoms with Crippen molar-refractivity contribution in [2.24, 2.45) is 0 Å². The first-order valence-electron chi connectivity index (χ1n) is 11.8. The zero-order chi connectivity index (χ0) is 23.2. The average molecular weight is 448 g/mol. The van der Waals surface area contributed by atoms with Crippen LogP contribution in [0.25, 0.3) is 5.65 Å². The highest BCUT2D eigenvalue weighted by atomic mass is 16.2. The molecule has 2 aromatic heterocycles. The Hall–Kier alpha value is -3.35. The van der Waals surface area contributed by atoms with Gasteiger partial charge < -0.3 is 15.1 Å². The van der Waals surface area contributed by atoms with Crippen LogP contribution in [0.2, 0.25) is 0 Å². The molecule has 0 spiro atoms. The lowest BCUT2D eigenvalue weighted by Gasteiger charge is -2.36. The van der Waals surface area contributed by atoms with Gasteiger partial charge in [0.1, 0.15) is 11.3 Å². The van der Waals surface area contributed by atoms with Crippen molar-refractivity contribution in [2.45, 2.75) is 39.5 Å². The molecule has 3 heterocycles. The summed E-state index contributed by atoms with van der Waals surface area (Å²) in [6.07, 6.45) is 5.06. The lowest BCUT2D eigenvalue weighted by molar-refractivity contribution is -0.131. The molecule has 3 aromatic rings. The summed E-state index contributed by atoms with van der Waals surface area (Å²) >= 11 is 0. The molecule has 1 aromatic carbocycles. The Morgan fingerprint density at radius 1 is 0.970 bits per heavy atom. The van der Waals surface area contributed by atoms with Crippen LogP contribution >= 0.6 is 0 Å². The number of aromatic nitrogens is 2. The first-order valence-corrected chi connectivity index (χ1v) is 11.8. The average Bonchev–Trinajstić information content (AvgIpc) is 3.17. The number of hydrogen-bond donors (Lipinski definition) is 1. The van der Waals surface area contributed by atoms with E-state index in [2.05, 4.69) is 46.4 Å². The summed E-state index contributed by atoms with van der Waals surface area (Å²) in [6.45, 7) is 7.88. The largest absolute Gasteiger partial charge is 0.368 e. The van der Waals surface area contributed by atoms with Crippen LogP contribution in [0, 0.1) is 13.8 Å². The van der Waals surface area contributed by atoms with Crippen molar-refractivity contribution in [2.75, 3.05) is 37.6 Å². The van der Waals surface area contributed by atoms with Gasteiger partial charge in [-0.3, -0.25) is 14.0 Å². The van der Waals surface area contributed by atoms with Crippen LogP contribution in [0.1, 0.15) is 47.4 Å². The van der Waals surface area contributed by atoms with E-state index in [1.165, 1.54) is 11.3 Å². The summed E-state index contributed by atoms with van der Waals surface area (Å²) in [5.74, 6) is 0.137. The number of fused-ring (bicyclic) bond motifs is 1. The Morgan fingerprint density at radius 3 is 2.58 bits per heavy atom. The molecule has 4 rings (SSSR count). The highest BCUT2D eigenvalue weighted by molar-refractivity contribution is 5.94. The summed E-state index contributed by atoms with van der Waals surface area (Å²) in [7, 11) is 0.